The van der Waals surface area contributed by atoms with E-state index in [4.69, 9.17) is 8.83 Å². The first-order chi connectivity index (χ1) is 37.6. The van der Waals surface area contributed by atoms with Crippen LogP contribution in [0.3, 0.4) is 0 Å². The van der Waals surface area contributed by atoms with E-state index in [2.05, 4.69) is 285 Å². The van der Waals surface area contributed by atoms with Gasteiger partial charge in [-0.2, -0.15) is 0 Å². The molecular formula is C74H64N2O2. The number of furan rings is 2. The topological polar surface area (TPSA) is 32.8 Å². The zero-order valence-electron chi connectivity index (χ0n) is 46.3. The summed E-state index contributed by atoms with van der Waals surface area (Å²) in [5.41, 5.74) is 21.7. The molecule has 382 valence electrons. The summed E-state index contributed by atoms with van der Waals surface area (Å²) in [5, 5.41) is 8.99. The summed E-state index contributed by atoms with van der Waals surface area (Å²) in [4.78, 5) is 4.84. The van der Waals surface area contributed by atoms with Gasteiger partial charge in [-0.1, -0.05) is 175 Å². The van der Waals surface area contributed by atoms with E-state index in [9.17, 15) is 0 Å². The predicted molar refractivity (Wildman–Crippen MR) is 333 cm³/mol. The lowest BCUT2D eigenvalue weighted by atomic mass is 9.77. The van der Waals surface area contributed by atoms with Crippen molar-refractivity contribution in [2.75, 3.05) is 9.80 Å². The maximum atomic E-state index is 7.36. The SMILES string of the molecule is Cc1cccc(C)c1N(c1cccc(-c2ccccc2)c1)c1ccc2cc3c(cc2c1)oc1c(C(C)(C)C)c2c(oc4cc5cc(N(c6cccc(-c7ccccc7)c6)c6c(C)cccc6C)ccc5cc42)c(C(C)(C)C)c13. The molecule has 2 aromatic heterocycles. The van der Waals surface area contributed by atoms with E-state index >= 15 is 0 Å². The van der Waals surface area contributed by atoms with Crippen LogP contribution in [0.25, 0.3) is 87.7 Å². The first kappa shape index (κ1) is 48.8. The van der Waals surface area contributed by atoms with Crippen molar-refractivity contribution in [3.63, 3.8) is 0 Å². The lowest BCUT2D eigenvalue weighted by molar-refractivity contribution is 0.564. The van der Waals surface area contributed by atoms with Crippen LogP contribution < -0.4 is 9.80 Å². The molecule has 4 nitrogen and oxygen atoms in total. The van der Waals surface area contributed by atoms with Crippen molar-refractivity contribution in [3.8, 4) is 22.3 Å². The molecule has 4 heteroatoms. The van der Waals surface area contributed by atoms with Gasteiger partial charge in [-0.3, -0.25) is 0 Å². The molecule has 0 aliphatic carbocycles. The van der Waals surface area contributed by atoms with Gasteiger partial charge in [0.05, 0.1) is 11.4 Å². The van der Waals surface area contributed by atoms with Crippen LogP contribution in [-0.2, 0) is 10.8 Å². The first-order valence-electron chi connectivity index (χ1n) is 27.4. The molecular weight excluding hydrogens is 949 g/mol. The van der Waals surface area contributed by atoms with Gasteiger partial charge in [-0.05, 0) is 177 Å². The van der Waals surface area contributed by atoms with Crippen LogP contribution >= 0.6 is 0 Å². The lowest BCUT2D eigenvalue weighted by Gasteiger charge is -2.29. The highest BCUT2D eigenvalue weighted by Crippen LogP contribution is 2.52. The van der Waals surface area contributed by atoms with Crippen molar-refractivity contribution >= 4 is 99.5 Å². The Morgan fingerprint density at radius 3 is 1.03 bits per heavy atom. The van der Waals surface area contributed by atoms with Crippen LogP contribution in [0.5, 0.6) is 0 Å². The van der Waals surface area contributed by atoms with Gasteiger partial charge in [-0.25, -0.2) is 0 Å². The van der Waals surface area contributed by atoms with E-state index in [0.717, 1.165) is 99.3 Å². The number of anilines is 6. The third-order valence-electron chi connectivity index (χ3n) is 16.0. The Morgan fingerprint density at radius 1 is 0.308 bits per heavy atom. The second-order valence-electron chi connectivity index (χ2n) is 23.6. The Morgan fingerprint density at radius 2 is 0.654 bits per heavy atom. The number of fused-ring (bicyclic) bond motifs is 8. The molecule has 0 bridgehead atoms. The standard InChI is InChI=1S/C74H64N2O2/c1-45-21-17-22-46(2)69(45)75(57-31-19-29-51(37-57)49-25-13-11-14-26-49)59-35-33-53-41-61-63(43-55(53)39-59)77-71-65(61)67(73(5,6)7)72-66(68(71)74(8,9)10)62-42-54-34-36-60(40-56(54)44-64(62)78-72)76(70-47(3)23-18-24-48(70)4)58-32-20-30-52(38-58)50-27-15-12-16-28-50/h11-44H,1-10H3. The van der Waals surface area contributed by atoms with Crippen LogP contribution in [0, 0.1) is 27.7 Å². The van der Waals surface area contributed by atoms with Crippen molar-refractivity contribution in [2.24, 2.45) is 0 Å². The minimum absolute atomic E-state index is 0.302. The van der Waals surface area contributed by atoms with E-state index in [1.165, 1.54) is 55.9 Å². The van der Waals surface area contributed by atoms with Crippen molar-refractivity contribution in [2.45, 2.75) is 80.1 Å². The summed E-state index contributed by atoms with van der Waals surface area (Å²) in [6.07, 6.45) is 0. The molecule has 0 atom stereocenters. The molecule has 0 spiro atoms. The first-order valence-corrected chi connectivity index (χ1v) is 27.4. The second-order valence-corrected chi connectivity index (χ2v) is 23.6. The molecule has 0 aliphatic heterocycles. The van der Waals surface area contributed by atoms with Gasteiger partial charge in [0, 0.05) is 55.4 Å². The van der Waals surface area contributed by atoms with Gasteiger partial charge >= 0.3 is 0 Å². The maximum absolute atomic E-state index is 7.36. The highest BCUT2D eigenvalue weighted by Gasteiger charge is 2.35. The van der Waals surface area contributed by atoms with Crippen LogP contribution in [-0.4, -0.2) is 0 Å². The largest absolute Gasteiger partial charge is 0.456 e. The smallest absolute Gasteiger partial charge is 0.140 e. The zero-order valence-corrected chi connectivity index (χ0v) is 46.3. The molecule has 0 saturated heterocycles. The van der Waals surface area contributed by atoms with E-state index in [0.29, 0.717) is 0 Å². The summed E-state index contributed by atoms with van der Waals surface area (Å²) in [5.74, 6) is 0. The maximum Gasteiger partial charge on any atom is 0.140 e. The minimum Gasteiger partial charge on any atom is -0.456 e. The quantitative estimate of drug-likeness (QED) is 0.152. The van der Waals surface area contributed by atoms with E-state index in [1.807, 2.05) is 0 Å². The third-order valence-corrected chi connectivity index (χ3v) is 16.0. The van der Waals surface area contributed by atoms with Gasteiger partial charge < -0.3 is 18.6 Å². The van der Waals surface area contributed by atoms with Gasteiger partial charge in [0.1, 0.15) is 22.3 Å². The highest BCUT2D eigenvalue weighted by atomic mass is 16.3. The molecule has 11 aromatic carbocycles. The molecule has 0 aliphatic rings. The number of benzene rings is 11. The summed E-state index contributed by atoms with van der Waals surface area (Å²) < 4.78 is 14.7. The Hall–Kier alpha value is -8.86. The van der Waals surface area contributed by atoms with Crippen molar-refractivity contribution in [1.29, 1.82) is 0 Å². The monoisotopic (exact) mass is 1010 g/mol. The summed E-state index contributed by atoms with van der Waals surface area (Å²) >= 11 is 0. The van der Waals surface area contributed by atoms with Crippen LogP contribution in [0.2, 0.25) is 0 Å². The average molecular weight is 1010 g/mol. The molecule has 0 unspecified atom stereocenters. The van der Waals surface area contributed by atoms with Crippen LogP contribution in [0.4, 0.5) is 34.1 Å². The second kappa shape index (κ2) is 18.4. The third kappa shape index (κ3) is 8.21. The molecule has 0 saturated carbocycles. The number of para-hydroxylation sites is 2. The summed E-state index contributed by atoms with van der Waals surface area (Å²) in [7, 11) is 0. The molecule has 13 rings (SSSR count). The van der Waals surface area contributed by atoms with Crippen molar-refractivity contribution in [3.05, 3.63) is 240 Å². The number of hydrogen-bond donors (Lipinski definition) is 0. The number of rotatable bonds is 8. The Balaban J connectivity index is 0.995. The Kier molecular flexibility index (Phi) is 11.5. The van der Waals surface area contributed by atoms with Gasteiger partial charge in [0.15, 0.2) is 0 Å². The molecule has 2 heterocycles. The van der Waals surface area contributed by atoms with Crippen molar-refractivity contribution in [1.82, 2.24) is 0 Å². The molecule has 0 radical (unpaired) electrons. The fourth-order valence-corrected chi connectivity index (χ4v) is 12.5. The Bertz CT molecular complexity index is 4180. The number of nitrogens with zero attached hydrogens (tertiary/aromatic N) is 2. The fourth-order valence-electron chi connectivity index (χ4n) is 12.5. The normalized spacial score (nSPS) is 12.2. The van der Waals surface area contributed by atoms with Crippen LogP contribution in [0.15, 0.2) is 215 Å². The molecule has 78 heavy (non-hydrogen) atoms. The zero-order chi connectivity index (χ0) is 53.8. The lowest BCUT2D eigenvalue weighted by Crippen LogP contribution is -2.16. The number of hydrogen-bond acceptors (Lipinski definition) is 4. The van der Waals surface area contributed by atoms with Crippen molar-refractivity contribution < 1.29 is 8.83 Å². The van der Waals surface area contributed by atoms with E-state index < -0.39 is 0 Å². The van der Waals surface area contributed by atoms with Gasteiger partial charge in [0.2, 0.25) is 0 Å². The average Bonchev–Trinajstić information content (AvgIpc) is 3.71. The van der Waals surface area contributed by atoms with Crippen LogP contribution in [0.1, 0.15) is 74.9 Å². The number of aryl methyl sites for hydroxylation is 4. The van der Waals surface area contributed by atoms with Gasteiger partial charge in [-0.15, -0.1) is 0 Å². The van der Waals surface area contributed by atoms with E-state index in [1.54, 1.807) is 0 Å². The molecule has 0 amide bonds. The summed E-state index contributed by atoms with van der Waals surface area (Å²) in [6.45, 7) is 22.7. The minimum atomic E-state index is -0.302. The van der Waals surface area contributed by atoms with Gasteiger partial charge in [0.25, 0.3) is 0 Å². The summed E-state index contributed by atoms with van der Waals surface area (Å²) in [6, 6.07) is 75.2. The molecule has 13 aromatic rings. The Labute approximate surface area is 457 Å². The highest BCUT2D eigenvalue weighted by molar-refractivity contribution is 6.23. The predicted octanol–water partition coefficient (Wildman–Crippen LogP) is 21.9. The van der Waals surface area contributed by atoms with E-state index in [-0.39, 0.29) is 10.8 Å². The molecule has 0 N–H and O–H groups in total. The fraction of sp³-hybridized carbons (Fsp3) is 0.162. The molecule has 0 fully saturated rings.